The fourth-order valence-electron chi connectivity index (χ4n) is 5.36. The molecule has 0 fully saturated rings. The number of aromatic amines is 2. The van der Waals surface area contributed by atoms with Gasteiger partial charge >= 0.3 is 0 Å². The molecular weight excluding hydrogens is 496 g/mol. The van der Waals surface area contributed by atoms with E-state index in [1.54, 1.807) is 6.92 Å². The standard InChI is InChI=1S/C35H32N2O3/c1-24(38)27(18-28-20-36-30-14-8-16-32(34(28)30)39-22-25-10-4-2-5-11-25)19-29-21-37-31-15-9-17-33(35(29)31)40-23-26-12-6-3-7-13-26/h2-17,20-21,27,36-37H,18-19,22-23H2,1H3. The molecule has 6 rings (SSSR count). The third-order valence-electron chi connectivity index (χ3n) is 7.48. The maximum atomic E-state index is 13.0. The lowest BCUT2D eigenvalue weighted by atomic mass is 9.89. The van der Waals surface area contributed by atoms with Crippen LogP contribution in [0.5, 0.6) is 11.5 Å². The zero-order chi connectivity index (χ0) is 27.3. The topological polar surface area (TPSA) is 67.1 Å². The lowest BCUT2D eigenvalue weighted by Gasteiger charge is -2.15. The molecule has 4 aromatic carbocycles. The number of ketones is 1. The summed E-state index contributed by atoms with van der Waals surface area (Å²) in [6, 6.07) is 32.4. The summed E-state index contributed by atoms with van der Waals surface area (Å²) in [4.78, 5) is 19.7. The quantitative estimate of drug-likeness (QED) is 0.180. The van der Waals surface area contributed by atoms with Gasteiger partial charge in [-0.05, 0) is 66.3 Å². The van der Waals surface area contributed by atoms with Crippen LogP contribution in [-0.2, 0) is 30.8 Å². The Morgan fingerprint density at radius 1 is 0.625 bits per heavy atom. The molecule has 2 N–H and O–H groups in total. The summed E-state index contributed by atoms with van der Waals surface area (Å²) in [5.74, 6) is 1.61. The van der Waals surface area contributed by atoms with Crippen LogP contribution in [0.2, 0.25) is 0 Å². The number of nitrogens with one attached hydrogen (secondary N) is 2. The summed E-state index contributed by atoms with van der Waals surface area (Å²) in [5.41, 5.74) is 6.40. The van der Waals surface area contributed by atoms with Gasteiger partial charge in [0.15, 0.2) is 0 Å². The molecule has 0 aliphatic rings. The number of Topliss-reactive ketones (excluding diaryl/α,β-unsaturated/α-hetero) is 1. The number of benzene rings is 4. The van der Waals surface area contributed by atoms with Crippen LogP contribution in [-0.4, -0.2) is 15.8 Å². The fourth-order valence-corrected chi connectivity index (χ4v) is 5.36. The van der Waals surface area contributed by atoms with Gasteiger partial charge in [-0.15, -0.1) is 0 Å². The second-order valence-electron chi connectivity index (χ2n) is 10.2. The van der Waals surface area contributed by atoms with Gasteiger partial charge in [0, 0.05) is 40.1 Å². The Morgan fingerprint density at radius 2 is 1.07 bits per heavy atom. The highest BCUT2D eigenvalue weighted by molar-refractivity contribution is 5.92. The molecule has 0 aliphatic carbocycles. The summed E-state index contributed by atoms with van der Waals surface area (Å²) >= 11 is 0. The first-order valence-corrected chi connectivity index (χ1v) is 13.7. The van der Waals surface area contributed by atoms with E-state index in [1.807, 2.05) is 85.2 Å². The van der Waals surface area contributed by atoms with Crippen molar-refractivity contribution in [3.05, 3.63) is 132 Å². The SMILES string of the molecule is CC(=O)C(Cc1c[nH]c2cccc(OCc3ccccc3)c12)Cc1c[nH]c2cccc(OCc3ccccc3)c12. The predicted octanol–water partition coefficient (Wildman–Crippen LogP) is 7.80. The third-order valence-corrected chi connectivity index (χ3v) is 7.48. The van der Waals surface area contributed by atoms with Gasteiger partial charge < -0.3 is 19.4 Å². The van der Waals surface area contributed by atoms with Crippen LogP contribution in [0.4, 0.5) is 0 Å². The van der Waals surface area contributed by atoms with Crippen LogP contribution in [0.3, 0.4) is 0 Å². The molecule has 0 amide bonds. The summed E-state index contributed by atoms with van der Waals surface area (Å²) in [6.07, 6.45) is 5.25. The molecule has 6 aromatic rings. The van der Waals surface area contributed by atoms with Gasteiger partial charge in [0.05, 0.1) is 0 Å². The van der Waals surface area contributed by atoms with Gasteiger partial charge in [-0.1, -0.05) is 72.8 Å². The van der Waals surface area contributed by atoms with E-state index in [9.17, 15) is 4.79 Å². The van der Waals surface area contributed by atoms with E-state index in [0.29, 0.717) is 26.1 Å². The molecule has 0 bridgehead atoms. The molecule has 5 nitrogen and oxygen atoms in total. The van der Waals surface area contributed by atoms with Crippen molar-refractivity contribution in [2.45, 2.75) is 33.0 Å². The van der Waals surface area contributed by atoms with Gasteiger partial charge in [-0.25, -0.2) is 0 Å². The summed E-state index contributed by atoms with van der Waals surface area (Å²) in [6.45, 7) is 2.66. The Bertz CT molecular complexity index is 1610. The van der Waals surface area contributed by atoms with Crippen LogP contribution in [0.1, 0.15) is 29.2 Å². The molecule has 200 valence electrons. The predicted molar refractivity (Wildman–Crippen MR) is 160 cm³/mol. The molecule has 0 radical (unpaired) electrons. The largest absolute Gasteiger partial charge is 0.488 e. The molecular formula is C35H32N2O3. The third kappa shape index (κ3) is 5.50. The molecule has 0 saturated heterocycles. The molecule has 2 aromatic heterocycles. The highest BCUT2D eigenvalue weighted by Gasteiger charge is 2.22. The van der Waals surface area contributed by atoms with E-state index >= 15 is 0 Å². The first-order valence-electron chi connectivity index (χ1n) is 13.7. The lowest BCUT2D eigenvalue weighted by molar-refractivity contribution is -0.120. The minimum atomic E-state index is -0.192. The number of ether oxygens (including phenoxy) is 2. The number of hydrogen-bond acceptors (Lipinski definition) is 3. The first-order chi connectivity index (χ1) is 19.7. The number of H-pyrrole nitrogens is 2. The zero-order valence-electron chi connectivity index (χ0n) is 22.5. The van der Waals surface area contributed by atoms with Crippen molar-refractivity contribution >= 4 is 27.6 Å². The van der Waals surface area contributed by atoms with Crippen LogP contribution < -0.4 is 9.47 Å². The van der Waals surface area contributed by atoms with Crippen molar-refractivity contribution in [2.24, 2.45) is 5.92 Å². The van der Waals surface area contributed by atoms with Gasteiger partial charge in [0.1, 0.15) is 30.5 Å². The van der Waals surface area contributed by atoms with E-state index in [1.165, 1.54) is 0 Å². The van der Waals surface area contributed by atoms with E-state index < -0.39 is 0 Å². The summed E-state index contributed by atoms with van der Waals surface area (Å²) < 4.78 is 12.5. The highest BCUT2D eigenvalue weighted by atomic mass is 16.5. The molecule has 0 aliphatic heterocycles. The molecule has 0 spiro atoms. The fraction of sp³-hybridized carbons (Fsp3) is 0.171. The second-order valence-corrected chi connectivity index (χ2v) is 10.2. The average Bonchev–Trinajstić information content (AvgIpc) is 3.60. The molecule has 0 saturated carbocycles. The van der Waals surface area contributed by atoms with Crippen molar-refractivity contribution in [2.75, 3.05) is 0 Å². The molecule has 5 heteroatoms. The lowest BCUT2D eigenvalue weighted by Crippen LogP contribution is -2.17. The van der Waals surface area contributed by atoms with E-state index in [0.717, 1.165) is 55.6 Å². The van der Waals surface area contributed by atoms with Gasteiger partial charge in [0.25, 0.3) is 0 Å². The molecule has 0 atom stereocenters. The molecule has 40 heavy (non-hydrogen) atoms. The zero-order valence-corrected chi connectivity index (χ0v) is 22.5. The molecule has 0 unspecified atom stereocenters. The van der Waals surface area contributed by atoms with Crippen LogP contribution >= 0.6 is 0 Å². The smallest absolute Gasteiger partial charge is 0.133 e. The number of carbonyl (C=O) groups is 1. The maximum absolute atomic E-state index is 13.0. The van der Waals surface area contributed by atoms with Crippen molar-refractivity contribution in [1.29, 1.82) is 0 Å². The summed E-state index contributed by atoms with van der Waals surface area (Å²) in [7, 11) is 0. The van der Waals surface area contributed by atoms with Crippen molar-refractivity contribution in [3.63, 3.8) is 0 Å². The molecule has 2 heterocycles. The Labute approximate surface area is 233 Å². The first kappa shape index (κ1) is 25.5. The Balaban J connectivity index is 1.25. The second kappa shape index (κ2) is 11.5. The van der Waals surface area contributed by atoms with E-state index in [-0.39, 0.29) is 11.7 Å². The minimum Gasteiger partial charge on any atom is -0.488 e. The number of rotatable bonds is 11. The maximum Gasteiger partial charge on any atom is 0.133 e. The highest BCUT2D eigenvalue weighted by Crippen LogP contribution is 2.34. The van der Waals surface area contributed by atoms with E-state index in [2.05, 4.69) is 34.2 Å². The normalized spacial score (nSPS) is 11.3. The Morgan fingerprint density at radius 3 is 1.50 bits per heavy atom. The van der Waals surface area contributed by atoms with Crippen LogP contribution in [0.25, 0.3) is 21.8 Å². The van der Waals surface area contributed by atoms with Gasteiger partial charge in [0.2, 0.25) is 0 Å². The van der Waals surface area contributed by atoms with Crippen molar-refractivity contribution in [1.82, 2.24) is 9.97 Å². The van der Waals surface area contributed by atoms with Crippen LogP contribution in [0.15, 0.2) is 109 Å². The number of carbonyl (C=O) groups excluding carboxylic acids is 1. The van der Waals surface area contributed by atoms with Gasteiger partial charge in [-0.2, -0.15) is 0 Å². The van der Waals surface area contributed by atoms with Crippen LogP contribution in [0, 0.1) is 5.92 Å². The number of hydrogen-bond donors (Lipinski definition) is 2. The number of fused-ring (bicyclic) bond motifs is 2. The average molecular weight is 529 g/mol. The van der Waals surface area contributed by atoms with Crippen molar-refractivity contribution in [3.8, 4) is 11.5 Å². The number of aromatic nitrogens is 2. The van der Waals surface area contributed by atoms with Gasteiger partial charge in [-0.3, -0.25) is 4.79 Å². The Hall–Kier alpha value is -4.77. The van der Waals surface area contributed by atoms with E-state index in [4.69, 9.17) is 9.47 Å². The summed E-state index contributed by atoms with van der Waals surface area (Å²) in [5, 5.41) is 2.07. The Kier molecular flexibility index (Phi) is 7.36. The van der Waals surface area contributed by atoms with Crippen molar-refractivity contribution < 1.29 is 14.3 Å². The minimum absolute atomic E-state index is 0.161. The monoisotopic (exact) mass is 528 g/mol.